The molecular formula is C21H31N3O4. The Bertz CT molecular complexity index is 685. The average molecular weight is 389 g/mol. The minimum Gasteiger partial charge on any atom is -0.497 e. The van der Waals surface area contributed by atoms with Crippen LogP contribution < -0.4 is 10.1 Å². The van der Waals surface area contributed by atoms with Gasteiger partial charge in [0.25, 0.3) is 0 Å². The summed E-state index contributed by atoms with van der Waals surface area (Å²) in [5.41, 5.74) is 0.217. The van der Waals surface area contributed by atoms with Crippen LogP contribution in [0.3, 0.4) is 0 Å². The molecule has 0 bridgehead atoms. The van der Waals surface area contributed by atoms with Crippen molar-refractivity contribution < 1.29 is 19.4 Å². The summed E-state index contributed by atoms with van der Waals surface area (Å²) in [4.78, 5) is 28.7. The van der Waals surface area contributed by atoms with Gasteiger partial charge in [-0.25, -0.2) is 0 Å². The Balaban J connectivity index is 1.79. The van der Waals surface area contributed by atoms with Crippen molar-refractivity contribution in [2.24, 2.45) is 0 Å². The van der Waals surface area contributed by atoms with E-state index < -0.39 is 11.6 Å². The van der Waals surface area contributed by atoms with E-state index in [1.165, 1.54) is 6.92 Å². The molecule has 0 spiro atoms. The second-order valence-electron chi connectivity index (χ2n) is 7.87. The SMILES string of the molecule is COc1ccc(NC2(C(=O)N3CCN(C(C)=O)CC(O)C3)CCCCC2)cc1. The van der Waals surface area contributed by atoms with E-state index in [1.54, 1.807) is 16.9 Å². The zero-order chi connectivity index (χ0) is 20.1. The maximum absolute atomic E-state index is 13.6. The van der Waals surface area contributed by atoms with Gasteiger partial charge in [-0.2, -0.15) is 0 Å². The number of methoxy groups -OCH3 is 1. The summed E-state index contributed by atoms with van der Waals surface area (Å²) in [6.07, 6.45) is 3.91. The quantitative estimate of drug-likeness (QED) is 0.821. The van der Waals surface area contributed by atoms with E-state index in [4.69, 9.17) is 4.74 Å². The number of aliphatic hydroxyl groups is 1. The Morgan fingerprint density at radius 3 is 2.29 bits per heavy atom. The van der Waals surface area contributed by atoms with Gasteiger partial charge >= 0.3 is 0 Å². The number of ether oxygens (including phenoxy) is 1. The maximum Gasteiger partial charge on any atom is 0.248 e. The molecule has 2 N–H and O–H groups in total. The fourth-order valence-electron chi connectivity index (χ4n) is 4.26. The van der Waals surface area contributed by atoms with Crippen LogP contribution in [0.2, 0.25) is 0 Å². The molecule has 28 heavy (non-hydrogen) atoms. The Morgan fingerprint density at radius 1 is 1.07 bits per heavy atom. The first-order valence-corrected chi connectivity index (χ1v) is 10.1. The molecule has 2 amide bonds. The van der Waals surface area contributed by atoms with Crippen LogP contribution in [-0.2, 0) is 9.59 Å². The zero-order valence-corrected chi connectivity index (χ0v) is 16.8. The summed E-state index contributed by atoms with van der Waals surface area (Å²) in [6, 6.07) is 7.61. The number of carbonyl (C=O) groups excluding carboxylic acids is 2. The molecule has 1 atom stereocenters. The molecule has 7 nitrogen and oxygen atoms in total. The molecule has 2 aliphatic rings. The third-order valence-corrected chi connectivity index (χ3v) is 5.82. The summed E-state index contributed by atoms with van der Waals surface area (Å²) >= 11 is 0. The van der Waals surface area contributed by atoms with Crippen molar-refractivity contribution in [1.29, 1.82) is 0 Å². The van der Waals surface area contributed by atoms with Crippen molar-refractivity contribution in [1.82, 2.24) is 9.80 Å². The van der Waals surface area contributed by atoms with Crippen molar-refractivity contribution in [3.05, 3.63) is 24.3 Å². The van der Waals surface area contributed by atoms with E-state index in [-0.39, 0.29) is 24.9 Å². The van der Waals surface area contributed by atoms with Crippen LogP contribution in [-0.4, -0.2) is 71.7 Å². The lowest BCUT2D eigenvalue weighted by Crippen LogP contribution is -2.56. The third kappa shape index (κ3) is 4.58. The normalized spacial score (nSPS) is 22.3. The van der Waals surface area contributed by atoms with Crippen molar-refractivity contribution in [2.45, 2.75) is 50.7 Å². The van der Waals surface area contributed by atoms with Gasteiger partial charge in [0.05, 0.1) is 13.2 Å². The van der Waals surface area contributed by atoms with Crippen LogP contribution in [0.25, 0.3) is 0 Å². The van der Waals surface area contributed by atoms with Gasteiger partial charge in [-0.3, -0.25) is 9.59 Å². The molecule has 1 aliphatic carbocycles. The summed E-state index contributed by atoms with van der Waals surface area (Å²) in [7, 11) is 1.63. The maximum atomic E-state index is 13.6. The second-order valence-corrected chi connectivity index (χ2v) is 7.87. The van der Waals surface area contributed by atoms with Crippen LogP contribution in [0.1, 0.15) is 39.0 Å². The van der Waals surface area contributed by atoms with Crippen molar-refractivity contribution in [2.75, 3.05) is 38.6 Å². The second kappa shape index (κ2) is 8.82. The molecular weight excluding hydrogens is 358 g/mol. The largest absolute Gasteiger partial charge is 0.497 e. The van der Waals surface area contributed by atoms with Crippen LogP contribution in [0.4, 0.5) is 5.69 Å². The Kier molecular flexibility index (Phi) is 6.44. The Morgan fingerprint density at radius 2 is 1.68 bits per heavy atom. The molecule has 7 heteroatoms. The monoisotopic (exact) mass is 389 g/mol. The van der Waals surface area contributed by atoms with Crippen LogP contribution >= 0.6 is 0 Å². The molecule has 1 aromatic carbocycles. The molecule has 0 aromatic heterocycles. The van der Waals surface area contributed by atoms with Crippen LogP contribution in [0.5, 0.6) is 5.75 Å². The number of benzene rings is 1. The molecule has 1 unspecified atom stereocenters. The Labute approximate surface area is 166 Å². The Hall–Kier alpha value is -2.28. The first-order chi connectivity index (χ1) is 13.4. The minimum absolute atomic E-state index is 0.0208. The van der Waals surface area contributed by atoms with Crippen LogP contribution in [0.15, 0.2) is 24.3 Å². The van der Waals surface area contributed by atoms with E-state index in [0.717, 1.165) is 43.5 Å². The fourth-order valence-corrected chi connectivity index (χ4v) is 4.26. The molecule has 1 aromatic rings. The number of aliphatic hydroxyl groups excluding tert-OH is 1. The lowest BCUT2D eigenvalue weighted by Gasteiger charge is -2.41. The van der Waals surface area contributed by atoms with Gasteiger partial charge in [-0.15, -0.1) is 0 Å². The highest BCUT2D eigenvalue weighted by molar-refractivity contribution is 5.90. The molecule has 154 valence electrons. The highest BCUT2D eigenvalue weighted by Gasteiger charge is 2.43. The number of hydrogen-bond donors (Lipinski definition) is 2. The molecule has 3 rings (SSSR count). The van der Waals surface area contributed by atoms with Crippen molar-refractivity contribution in [3.8, 4) is 5.75 Å². The van der Waals surface area contributed by atoms with E-state index in [1.807, 2.05) is 24.3 Å². The molecule has 1 saturated heterocycles. The summed E-state index contributed by atoms with van der Waals surface area (Å²) in [5.74, 6) is 0.721. The zero-order valence-electron chi connectivity index (χ0n) is 16.8. The van der Waals surface area contributed by atoms with Crippen LogP contribution in [0, 0.1) is 0 Å². The standard InChI is InChI=1S/C21H31N3O4/c1-16(25)23-12-13-24(15-18(26)14-23)20(27)21(10-4-3-5-11-21)22-17-6-8-19(28-2)9-7-17/h6-9,18,22,26H,3-5,10-15H2,1-2H3. The number of nitrogens with one attached hydrogen (secondary N) is 1. The average Bonchev–Trinajstić information content (AvgIpc) is 2.90. The predicted molar refractivity (Wildman–Crippen MR) is 107 cm³/mol. The van der Waals surface area contributed by atoms with Gasteiger partial charge in [-0.1, -0.05) is 19.3 Å². The highest BCUT2D eigenvalue weighted by Crippen LogP contribution is 2.34. The van der Waals surface area contributed by atoms with E-state index in [2.05, 4.69) is 5.32 Å². The van der Waals surface area contributed by atoms with Gasteiger partial charge in [0.15, 0.2) is 0 Å². The van der Waals surface area contributed by atoms with Gasteiger partial charge in [0, 0.05) is 38.8 Å². The summed E-state index contributed by atoms with van der Waals surface area (Å²) < 4.78 is 5.22. The van der Waals surface area contributed by atoms with E-state index >= 15 is 0 Å². The number of β-amino-alcohol motifs (C(OH)–C–C–N with tert-alkyl or cyclic N) is 1. The molecule has 1 saturated carbocycles. The van der Waals surface area contributed by atoms with E-state index in [9.17, 15) is 14.7 Å². The summed E-state index contributed by atoms with van der Waals surface area (Å²) in [5, 5.41) is 13.8. The van der Waals surface area contributed by atoms with Gasteiger partial charge < -0.3 is 25.0 Å². The van der Waals surface area contributed by atoms with Crippen molar-refractivity contribution >= 4 is 17.5 Å². The lowest BCUT2D eigenvalue weighted by molar-refractivity contribution is -0.138. The minimum atomic E-state index is -0.725. The van der Waals surface area contributed by atoms with Gasteiger partial charge in [0.1, 0.15) is 11.3 Å². The highest BCUT2D eigenvalue weighted by atomic mass is 16.5. The topological polar surface area (TPSA) is 82.1 Å². The predicted octanol–water partition coefficient (Wildman–Crippen LogP) is 1.86. The molecule has 2 fully saturated rings. The first-order valence-electron chi connectivity index (χ1n) is 10.1. The number of carbonyl (C=O) groups is 2. The number of anilines is 1. The first kappa shape index (κ1) is 20.5. The smallest absolute Gasteiger partial charge is 0.248 e. The number of hydrogen-bond acceptors (Lipinski definition) is 5. The number of amides is 2. The van der Waals surface area contributed by atoms with Gasteiger partial charge in [0.2, 0.25) is 11.8 Å². The van der Waals surface area contributed by atoms with Gasteiger partial charge in [-0.05, 0) is 37.1 Å². The fraction of sp³-hybridized carbons (Fsp3) is 0.619. The molecule has 0 radical (unpaired) electrons. The summed E-state index contributed by atoms with van der Waals surface area (Å²) in [6.45, 7) is 2.93. The molecule has 1 aliphatic heterocycles. The lowest BCUT2D eigenvalue weighted by atomic mass is 9.80. The molecule has 1 heterocycles. The van der Waals surface area contributed by atoms with Crippen molar-refractivity contribution in [3.63, 3.8) is 0 Å². The number of rotatable bonds is 4. The third-order valence-electron chi connectivity index (χ3n) is 5.82. The number of nitrogens with zero attached hydrogens (tertiary/aromatic N) is 2. The van der Waals surface area contributed by atoms with E-state index in [0.29, 0.717) is 13.1 Å².